The number of alkyl carbamates (subject to hydrolysis) is 1. The van der Waals surface area contributed by atoms with E-state index in [1.807, 2.05) is 24.3 Å². The summed E-state index contributed by atoms with van der Waals surface area (Å²) in [5.41, 5.74) is 1.82. The van der Waals surface area contributed by atoms with Crippen LogP contribution in [0.25, 0.3) is 0 Å². The minimum absolute atomic E-state index is 0.121. The molecule has 0 radical (unpaired) electrons. The molecular formula is C38H54Cl2N4O3S. The topological polar surface area (TPSA) is 97.0 Å². The first-order valence-electron chi connectivity index (χ1n) is 17.9. The highest BCUT2D eigenvalue weighted by atomic mass is 35.5. The molecule has 264 valence electrons. The van der Waals surface area contributed by atoms with E-state index in [1.165, 1.54) is 88.8 Å². The number of nitrogens with zero attached hydrogens (tertiary/aromatic N) is 2. The van der Waals surface area contributed by atoms with Gasteiger partial charge in [-0.1, -0.05) is 146 Å². The number of halogens is 2. The summed E-state index contributed by atoms with van der Waals surface area (Å²) in [7, 11) is 0. The Hall–Kier alpha value is -2.55. The number of amides is 2. The summed E-state index contributed by atoms with van der Waals surface area (Å²) in [6, 6.07) is 9.08. The lowest BCUT2D eigenvalue weighted by Crippen LogP contribution is -2.32. The Morgan fingerprint density at radius 1 is 0.833 bits per heavy atom. The van der Waals surface area contributed by atoms with E-state index in [9.17, 15) is 9.59 Å². The number of hydrogen-bond acceptors (Lipinski definition) is 6. The van der Waals surface area contributed by atoms with E-state index < -0.39 is 12.2 Å². The fourth-order valence-corrected chi connectivity index (χ4v) is 7.42. The van der Waals surface area contributed by atoms with Crippen molar-refractivity contribution in [3.8, 4) is 0 Å². The SMILES string of the molecule is CCCCCCCCCCCCCCCCCC(=O)NC(=O)OC(Cc1ccncc1)c1nc(Sc2cc(Cl)cc(Cl)c2)c(C(C)C)[nH]1. The number of imide groups is 1. The van der Waals surface area contributed by atoms with Gasteiger partial charge < -0.3 is 9.72 Å². The molecule has 1 aromatic carbocycles. The molecule has 0 aliphatic rings. The van der Waals surface area contributed by atoms with Gasteiger partial charge in [0.2, 0.25) is 5.91 Å². The van der Waals surface area contributed by atoms with Crippen LogP contribution in [0.15, 0.2) is 52.6 Å². The van der Waals surface area contributed by atoms with E-state index in [2.05, 4.69) is 36.1 Å². The number of carbonyl (C=O) groups is 2. The number of rotatable bonds is 23. The lowest BCUT2D eigenvalue weighted by atomic mass is 10.0. The number of unbranched alkanes of at least 4 members (excludes halogenated alkanes) is 14. The fraction of sp³-hybridized carbons (Fsp3) is 0.579. The summed E-state index contributed by atoms with van der Waals surface area (Å²) in [6.45, 7) is 6.39. The molecule has 1 atom stereocenters. The standard InChI is InChI=1S/C38H54Cl2N4O3S/c1-4-5-6-7-8-9-10-11-12-13-14-15-16-17-18-19-34(45)42-38(46)47-33(24-29-20-22-41-23-21-29)36-43-35(28(2)3)37(44-36)48-32-26-30(39)25-31(40)27-32/h20-23,25-28,33H,4-19,24H2,1-3H3,(H,43,44)(H,42,45,46). The molecule has 0 aliphatic carbocycles. The molecule has 2 aromatic heterocycles. The minimum atomic E-state index is -0.779. The van der Waals surface area contributed by atoms with Crippen LogP contribution in [0, 0.1) is 0 Å². The number of carbonyl (C=O) groups excluding carboxylic acids is 2. The Bertz CT molecular complexity index is 1350. The molecule has 48 heavy (non-hydrogen) atoms. The maximum Gasteiger partial charge on any atom is 0.414 e. The highest BCUT2D eigenvalue weighted by Gasteiger charge is 2.25. The normalized spacial score (nSPS) is 12.0. The molecule has 2 amide bonds. The summed E-state index contributed by atoms with van der Waals surface area (Å²) in [4.78, 5) is 38.7. The second kappa shape index (κ2) is 23.0. The Morgan fingerprint density at radius 2 is 1.38 bits per heavy atom. The van der Waals surface area contributed by atoms with Crippen molar-refractivity contribution in [3.63, 3.8) is 0 Å². The Balaban J connectivity index is 1.44. The summed E-state index contributed by atoms with van der Waals surface area (Å²) < 4.78 is 5.84. The van der Waals surface area contributed by atoms with Crippen molar-refractivity contribution in [1.29, 1.82) is 0 Å². The number of pyridine rings is 1. The predicted octanol–water partition coefficient (Wildman–Crippen LogP) is 12.2. The predicted molar refractivity (Wildman–Crippen MR) is 198 cm³/mol. The van der Waals surface area contributed by atoms with Gasteiger partial charge in [0, 0.05) is 40.2 Å². The fourth-order valence-electron chi connectivity index (χ4n) is 5.63. The smallest absolute Gasteiger partial charge is 0.414 e. The van der Waals surface area contributed by atoms with E-state index >= 15 is 0 Å². The molecule has 0 aliphatic heterocycles. The molecule has 3 aromatic rings. The Labute approximate surface area is 302 Å². The lowest BCUT2D eigenvalue weighted by Gasteiger charge is -2.16. The number of ether oxygens (including phenoxy) is 1. The largest absolute Gasteiger partial charge is 0.437 e. The first-order chi connectivity index (χ1) is 23.2. The maximum atomic E-state index is 12.9. The van der Waals surface area contributed by atoms with Gasteiger partial charge in [0.25, 0.3) is 0 Å². The van der Waals surface area contributed by atoms with Crippen LogP contribution in [-0.4, -0.2) is 27.0 Å². The van der Waals surface area contributed by atoms with Gasteiger partial charge in [-0.05, 0) is 48.2 Å². The average molecular weight is 718 g/mol. The maximum absolute atomic E-state index is 12.9. The van der Waals surface area contributed by atoms with Crippen molar-refractivity contribution in [3.05, 3.63) is 69.9 Å². The minimum Gasteiger partial charge on any atom is -0.437 e. The van der Waals surface area contributed by atoms with Gasteiger partial charge in [0.1, 0.15) is 10.9 Å². The molecule has 1 unspecified atom stereocenters. The van der Waals surface area contributed by atoms with Crippen LogP contribution < -0.4 is 5.32 Å². The number of aromatic amines is 1. The van der Waals surface area contributed by atoms with Crippen LogP contribution in [0.5, 0.6) is 0 Å². The van der Waals surface area contributed by atoms with E-state index in [0.29, 0.717) is 28.7 Å². The summed E-state index contributed by atoms with van der Waals surface area (Å²) >= 11 is 13.9. The Kier molecular flexibility index (Phi) is 19.1. The van der Waals surface area contributed by atoms with Crippen molar-refractivity contribution >= 4 is 47.0 Å². The third-order valence-corrected chi connectivity index (χ3v) is 9.73. The van der Waals surface area contributed by atoms with Crippen LogP contribution in [0.4, 0.5) is 4.79 Å². The van der Waals surface area contributed by atoms with Crippen LogP contribution in [0.2, 0.25) is 10.0 Å². The van der Waals surface area contributed by atoms with E-state index in [-0.39, 0.29) is 11.8 Å². The van der Waals surface area contributed by atoms with Gasteiger partial charge in [0.05, 0.1) is 5.69 Å². The molecule has 0 spiro atoms. The van der Waals surface area contributed by atoms with Gasteiger partial charge in [0.15, 0.2) is 6.10 Å². The van der Waals surface area contributed by atoms with E-state index in [0.717, 1.165) is 40.4 Å². The number of H-pyrrole nitrogens is 1. The van der Waals surface area contributed by atoms with Crippen LogP contribution in [-0.2, 0) is 16.0 Å². The molecular weight excluding hydrogens is 663 g/mol. The van der Waals surface area contributed by atoms with E-state index in [4.69, 9.17) is 32.9 Å². The molecule has 0 saturated heterocycles. The summed E-state index contributed by atoms with van der Waals surface area (Å²) in [6.07, 6.45) is 21.4. The first kappa shape index (κ1) is 39.9. The monoisotopic (exact) mass is 716 g/mol. The molecule has 7 nitrogen and oxygen atoms in total. The zero-order valence-corrected chi connectivity index (χ0v) is 31.3. The summed E-state index contributed by atoms with van der Waals surface area (Å²) in [5.74, 6) is 0.292. The molecule has 0 saturated carbocycles. The lowest BCUT2D eigenvalue weighted by molar-refractivity contribution is -0.120. The van der Waals surface area contributed by atoms with Gasteiger partial charge >= 0.3 is 6.09 Å². The van der Waals surface area contributed by atoms with Crippen molar-refractivity contribution in [2.45, 2.75) is 152 Å². The number of hydrogen-bond donors (Lipinski definition) is 2. The van der Waals surface area contributed by atoms with Crippen LogP contribution >= 0.6 is 35.0 Å². The quantitative estimate of drug-likeness (QED) is 0.0948. The molecule has 10 heteroatoms. The molecule has 2 N–H and O–H groups in total. The number of aromatic nitrogens is 3. The van der Waals surface area contributed by atoms with Crippen LogP contribution in [0.1, 0.15) is 153 Å². The van der Waals surface area contributed by atoms with E-state index in [1.54, 1.807) is 18.5 Å². The van der Waals surface area contributed by atoms with Gasteiger partial charge in [-0.2, -0.15) is 0 Å². The molecule has 2 heterocycles. The van der Waals surface area contributed by atoms with Crippen molar-refractivity contribution in [2.24, 2.45) is 0 Å². The molecule has 3 rings (SSSR count). The Morgan fingerprint density at radius 3 is 1.92 bits per heavy atom. The van der Waals surface area contributed by atoms with Gasteiger partial charge in [-0.15, -0.1) is 0 Å². The van der Waals surface area contributed by atoms with Crippen molar-refractivity contribution in [1.82, 2.24) is 20.3 Å². The van der Waals surface area contributed by atoms with Crippen LogP contribution in [0.3, 0.4) is 0 Å². The van der Waals surface area contributed by atoms with Gasteiger partial charge in [-0.3, -0.25) is 15.1 Å². The first-order valence-corrected chi connectivity index (χ1v) is 19.5. The molecule has 0 bridgehead atoms. The van der Waals surface area contributed by atoms with Crippen molar-refractivity contribution < 1.29 is 14.3 Å². The number of imidazole rings is 1. The third kappa shape index (κ3) is 15.8. The number of nitrogens with one attached hydrogen (secondary N) is 2. The zero-order valence-electron chi connectivity index (χ0n) is 29.0. The highest BCUT2D eigenvalue weighted by molar-refractivity contribution is 7.99. The second-order valence-electron chi connectivity index (χ2n) is 12.9. The zero-order chi connectivity index (χ0) is 34.6. The second-order valence-corrected chi connectivity index (χ2v) is 14.8. The molecule has 0 fully saturated rings. The van der Waals surface area contributed by atoms with Gasteiger partial charge in [-0.25, -0.2) is 9.78 Å². The average Bonchev–Trinajstić information content (AvgIpc) is 3.46. The highest BCUT2D eigenvalue weighted by Crippen LogP contribution is 2.36. The summed E-state index contributed by atoms with van der Waals surface area (Å²) in [5, 5.41) is 4.24. The number of benzene rings is 1. The third-order valence-electron chi connectivity index (χ3n) is 8.32. The van der Waals surface area contributed by atoms with Crippen molar-refractivity contribution in [2.75, 3.05) is 0 Å².